The summed E-state index contributed by atoms with van der Waals surface area (Å²) in [7, 11) is 0. The summed E-state index contributed by atoms with van der Waals surface area (Å²) in [4.78, 5) is 20.3. The molecule has 0 saturated heterocycles. The van der Waals surface area contributed by atoms with E-state index in [1.165, 1.54) is 33.9 Å². The molecule has 2 heterocycles. The number of aromatic nitrogens is 2. The van der Waals surface area contributed by atoms with Gasteiger partial charge >= 0.3 is 40.8 Å². The van der Waals surface area contributed by atoms with Gasteiger partial charge in [-0.25, -0.2) is 0 Å². The number of carbonyl (C=O) groups excluding carboxylic acids is 2. The fraction of sp³-hybridized carbons (Fsp3) is 0. The molecule has 2 aromatic rings. The second-order valence-electron chi connectivity index (χ2n) is 2.79. The molecule has 0 aliphatic carbocycles. The Morgan fingerprint density at radius 3 is 1.06 bits per heavy atom. The minimum Gasteiger partial charge on any atom is -1.00 e. The average molecular weight is 381 g/mol. The molecular weight excluding hydrogens is 371 g/mol. The maximum atomic E-state index is 10.1. The van der Waals surface area contributed by atoms with Crippen LogP contribution in [0.15, 0.2) is 49.1 Å². The number of nitrogens with zero attached hydrogens (tertiary/aromatic N) is 2. The Hall–Kier alpha value is -1.22. The molecule has 8 heteroatoms. The van der Waals surface area contributed by atoms with E-state index in [9.17, 15) is 9.59 Å². The molecule has 0 spiro atoms. The summed E-state index contributed by atoms with van der Waals surface area (Å²) < 4.78 is 2.39. The third-order valence-electron chi connectivity index (χ3n) is 1.68. The van der Waals surface area contributed by atoms with Crippen LogP contribution in [0, 0.1) is 40.8 Å². The smallest absolute Gasteiger partial charge is 1.00 e. The maximum Gasteiger partial charge on any atom is 3.00 e. The van der Waals surface area contributed by atoms with Gasteiger partial charge in [-0.3, -0.25) is 9.59 Å². The molecule has 18 heavy (non-hydrogen) atoms. The standard InChI is InChI=1S/2C5H6N2O.FH.Nd/c2*6-5(8)7-3-1-2-4-7;;/h2*1-4H,(H2,6,8);1H;/q;;;+3/p-3. The summed E-state index contributed by atoms with van der Waals surface area (Å²) in [6.45, 7) is 0. The first-order valence-corrected chi connectivity index (χ1v) is 4.39. The van der Waals surface area contributed by atoms with E-state index in [0.29, 0.717) is 0 Å². The molecular formula is C10H10FN4NdO2. The van der Waals surface area contributed by atoms with Crippen molar-refractivity contribution in [1.82, 2.24) is 9.13 Å². The minimum absolute atomic E-state index is 0. The maximum absolute atomic E-state index is 10.1. The molecule has 2 rings (SSSR count). The Morgan fingerprint density at radius 1 is 0.722 bits per heavy atom. The molecule has 2 N–H and O–H groups in total. The molecule has 0 aromatic carbocycles. The van der Waals surface area contributed by atoms with Crippen LogP contribution in [0.2, 0.25) is 0 Å². The molecule has 0 aliphatic heterocycles. The zero-order chi connectivity index (χ0) is 12.0. The van der Waals surface area contributed by atoms with Crippen LogP contribution in [-0.4, -0.2) is 21.2 Å². The fourth-order valence-corrected chi connectivity index (χ4v) is 0.940. The van der Waals surface area contributed by atoms with Crippen molar-refractivity contribution in [2.75, 3.05) is 0 Å². The van der Waals surface area contributed by atoms with Gasteiger partial charge in [-0.05, 0) is 0 Å². The van der Waals surface area contributed by atoms with Crippen molar-refractivity contribution in [2.45, 2.75) is 0 Å². The summed E-state index contributed by atoms with van der Waals surface area (Å²) in [5, 5.41) is 0. The van der Waals surface area contributed by atoms with E-state index in [4.69, 9.17) is 11.5 Å². The van der Waals surface area contributed by atoms with Gasteiger partial charge < -0.3 is 25.3 Å². The van der Waals surface area contributed by atoms with Crippen molar-refractivity contribution in [3.63, 3.8) is 0 Å². The summed E-state index contributed by atoms with van der Waals surface area (Å²) in [5.41, 5.74) is 13.1. The van der Waals surface area contributed by atoms with Crippen LogP contribution in [0.4, 0.5) is 9.59 Å². The Bertz CT molecular complexity index is 412. The fourth-order valence-electron chi connectivity index (χ4n) is 0.940. The number of hydrogen-bond donors (Lipinski definition) is 0. The van der Waals surface area contributed by atoms with Crippen molar-refractivity contribution >= 4 is 12.1 Å². The minimum atomic E-state index is -0.699. The zero-order valence-electron chi connectivity index (χ0n) is 9.21. The number of amides is 2. The van der Waals surface area contributed by atoms with Gasteiger partial charge in [0.15, 0.2) is 12.1 Å². The van der Waals surface area contributed by atoms with Gasteiger partial charge in [0.2, 0.25) is 0 Å². The zero-order valence-corrected chi connectivity index (χ0v) is 12.4. The van der Waals surface area contributed by atoms with Crippen molar-refractivity contribution in [1.29, 1.82) is 0 Å². The first-order valence-electron chi connectivity index (χ1n) is 4.39. The monoisotopic (exact) mass is 379 g/mol. The van der Waals surface area contributed by atoms with E-state index < -0.39 is 12.1 Å². The molecule has 0 aliphatic rings. The first-order chi connectivity index (χ1) is 7.61. The largest absolute Gasteiger partial charge is 3.00 e. The molecule has 2 aromatic heterocycles. The number of halogens is 1. The summed E-state index contributed by atoms with van der Waals surface area (Å²) >= 11 is 0. The Kier molecular flexibility index (Phi) is 10.4. The number of rotatable bonds is 0. The predicted octanol–water partition coefficient (Wildman–Crippen LogP) is 0.0208. The second-order valence-corrected chi connectivity index (χ2v) is 2.79. The van der Waals surface area contributed by atoms with Crippen molar-refractivity contribution in [3.05, 3.63) is 60.5 Å². The Balaban J connectivity index is 0. The van der Waals surface area contributed by atoms with Crippen LogP contribution in [0.25, 0.3) is 11.5 Å². The van der Waals surface area contributed by atoms with E-state index >= 15 is 0 Å². The van der Waals surface area contributed by atoms with E-state index in [2.05, 4.69) is 0 Å². The van der Waals surface area contributed by atoms with E-state index in [1.54, 1.807) is 24.3 Å². The average Bonchev–Trinajstić information content (AvgIpc) is 2.93. The Labute approximate surface area is 136 Å². The van der Waals surface area contributed by atoms with E-state index in [-0.39, 0.29) is 45.5 Å². The molecule has 1 radical (unpaired) electrons. The SMILES string of the molecule is [F-].[NH-]C(=O)n1cccc1.[NH-]C(=O)n1cccc1.[Nd+3]. The van der Waals surface area contributed by atoms with Crippen LogP contribution in [0.1, 0.15) is 0 Å². The summed E-state index contributed by atoms with van der Waals surface area (Å²) in [5.74, 6) is 0. The quantitative estimate of drug-likeness (QED) is 0.644. The van der Waals surface area contributed by atoms with Gasteiger partial charge in [0.05, 0.1) is 0 Å². The molecule has 0 atom stereocenters. The molecule has 0 saturated carbocycles. The van der Waals surface area contributed by atoms with Crippen LogP contribution in [-0.2, 0) is 0 Å². The first kappa shape index (κ1) is 19.1. The van der Waals surface area contributed by atoms with Crippen molar-refractivity contribution in [2.24, 2.45) is 0 Å². The van der Waals surface area contributed by atoms with Crippen LogP contribution in [0.3, 0.4) is 0 Å². The molecule has 0 fully saturated rings. The summed E-state index contributed by atoms with van der Waals surface area (Å²) in [6.07, 6.45) is 6.15. The third-order valence-corrected chi connectivity index (χ3v) is 1.68. The van der Waals surface area contributed by atoms with Gasteiger partial charge in [-0.15, -0.1) is 0 Å². The van der Waals surface area contributed by atoms with Crippen molar-refractivity contribution in [3.8, 4) is 0 Å². The number of carbonyl (C=O) groups is 2. The summed E-state index contributed by atoms with van der Waals surface area (Å²) in [6, 6.07) is 5.41. The molecule has 6 nitrogen and oxygen atoms in total. The van der Waals surface area contributed by atoms with E-state index in [0.717, 1.165) is 0 Å². The van der Waals surface area contributed by atoms with Gasteiger partial charge in [0.1, 0.15) is 0 Å². The van der Waals surface area contributed by atoms with Gasteiger partial charge in [0, 0.05) is 0 Å². The van der Waals surface area contributed by atoms with Crippen LogP contribution < -0.4 is 4.70 Å². The van der Waals surface area contributed by atoms with Crippen molar-refractivity contribution < 1.29 is 55.1 Å². The van der Waals surface area contributed by atoms with Crippen LogP contribution >= 0.6 is 0 Å². The van der Waals surface area contributed by atoms with Gasteiger partial charge in [-0.1, -0.05) is 49.1 Å². The number of nitrogens with one attached hydrogen (secondary N) is 2. The van der Waals surface area contributed by atoms with Gasteiger partial charge in [0.25, 0.3) is 0 Å². The number of hydrogen-bond acceptors (Lipinski definition) is 2. The van der Waals surface area contributed by atoms with Gasteiger partial charge in [-0.2, -0.15) is 0 Å². The molecule has 0 unspecified atom stereocenters. The predicted molar refractivity (Wildman–Crippen MR) is 59.1 cm³/mol. The second kappa shape index (κ2) is 9.77. The molecule has 93 valence electrons. The van der Waals surface area contributed by atoms with Crippen LogP contribution in [0.5, 0.6) is 0 Å². The van der Waals surface area contributed by atoms with E-state index in [1.807, 2.05) is 0 Å². The molecule has 2 amide bonds. The normalized spacial score (nSPS) is 8.00. The Morgan fingerprint density at radius 2 is 0.944 bits per heavy atom. The third kappa shape index (κ3) is 6.50. The molecule has 0 bridgehead atoms. The topological polar surface area (TPSA) is 91.6 Å².